The maximum atomic E-state index is 11.0. The van der Waals surface area contributed by atoms with Crippen molar-refractivity contribution >= 4 is 12.0 Å². The maximum Gasteiger partial charge on any atom is 0.203 e. The van der Waals surface area contributed by atoms with Gasteiger partial charge in [0.25, 0.3) is 0 Å². The molecule has 3 heteroatoms. The van der Waals surface area contributed by atoms with E-state index in [0.717, 1.165) is 6.21 Å². The van der Waals surface area contributed by atoms with Gasteiger partial charge in [0.15, 0.2) is 0 Å². The van der Waals surface area contributed by atoms with Gasteiger partial charge in [0.1, 0.15) is 5.75 Å². The number of aromatic hydroxyl groups is 1. The molecule has 12 heavy (non-hydrogen) atoms. The van der Waals surface area contributed by atoms with E-state index in [4.69, 9.17) is 5.41 Å². The molecule has 0 radical (unpaired) electrons. The molecule has 0 amide bonds. The van der Waals surface area contributed by atoms with Gasteiger partial charge in [0.05, 0.1) is 6.21 Å². The number of phenols is 1. The fourth-order valence-corrected chi connectivity index (χ4v) is 0.968. The van der Waals surface area contributed by atoms with Gasteiger partial charge in [-0.3, -0.25) is 4.79 Å². The molecule has 62 valence electrons. The lowest BCUT2D eigenvalue weighted by atomic mass is 10.0. The lowest BCUT2D eigenvalue weighted by molar-refractivity contribution is 0.106. The summed E-state index contributed by atoms with van der Waals surface area (Å²) >= 11 is 0. The van der Waals surface area contributed by atoms with E-state index < -0.39 is 0 Å². The van der Waals surface area contributed by atoms with Crippen LogP contribution in [0.1, 0.15) is 15.9 Å². The molecule has 0 saturated heterocycles. The van der Waals surface area contributed by atoms with E-state index in [1.54, 1.807) is 19.1 Å². The van der Waals surface area contributed by atoms with E-state index in [0.29, 0.717) is 11.1 Å². The minimum atomic E-state index is -0.386. The van der Waals surface area contributed by atoms with E-state index in [2.05, 4.69) is 0 Å². The van der Waals surface area contributed by atoms with Crippen molar-refractivity contribution in [2.75, 3.05) is 0 Å². The normalized spacial score (nSPS) is 9.42. The third-order valence-corrected chi connectivity index (χ3v) is 1.70. The molecular weight excluding hydrogens is 154 g/mol. The first-order chi connectivity index (χ1) is 5.66. The summed E-state index contributed by atoms with van der Waals surface area (Å²) in [5.74, 6) is -0.300. The third kappa shape index (κ3) is 1.34. The molecule has 1 aromatic carbocycles. The van der Waals surface area contributed by atoms with Gasteiger partial charge in [-0.15, -0.1) is 0 Å². The van der Waals surface area contributed by atoms with Crippen LogP contribution in [0.3, 0.4) is 0 Å². The highest BCUT2D eigenvalue weighted by Gasteiger charge is 2.07. The van der Waals surface area contributed by atoms with Gasteiger partial charge in [-0.05, 0) is 13.0 Å². The summed E-state index contributed by atoms with van der Waals surface area (Å²) in [6, 6.07) is 4.68. The van der Waals surface area contributed by atoms with Gasteiger partial charge in [0, 0.05) is 11.1 Å². The Labute approximate surface area is 70.2 Å². The Morgan fingerprint density at radius 2 is 2.25 bits per heavy atom. The first-order valence-corrected chi connectivity index (χ1v) is 3.50. The second-order valence-corrected chi connectivity index (χ2v) is 2.46. The standard InChI is InChI=1S/C9H9NO2/c1-6-7(9(12)5-10)3-2-4-8(6)11/h2-5,10-11H,1H3. The minimum absolute atomic E-state index is 0.0858. The number of hydrogen-bond donors (Lipinski definition) is 2. The second kappa shape index (κ2) is 3.17. The summed E-state index contributed by atoms with van der Waals surface area (Å²) in [5.41, 5.74) is 0.899. The quantitative estimate of drug-likeness (QED) is 0.513. The predicted octanol–water partition coefficient (Wildman–Crippen LogP) is 1.53. The van der Waals surface area contributed by atoms with Crippen molar-refractivity contribution in [2.45, 2.75) is 6.92 Å². The van der Waals surface area contributed by atoms with Gasteiger partial charge < -0.3 is 10.5 Å². The van der Waals surface area contributed by atoms with Crippen molar-refractivity contribution in [3.63, 3.8) is 0 Å². The molecule has 1 rings (SSSR count). The highest BCUT2D eigenvalue weighted by molar-refractivity contribution is 6.34. The summed E-state index contributed by atoms with van der Waals surface area (Å²) < 4.78 is 0. The Morgan fingerprint density at radius 1 is 1.58 bits per heavy atom. The summed E-state index contributed by atoms with van der Waals surface area (Å²) in [6.07, 6.45) is 0.738. The van der Waals surface area contributed by atoms with Gasteiger partial charge in [-0.25, -0.2) is 0 Å². The zero-order valence-electron chi connectivity index (χ0n) is 6.66. The molecule has 0 aliphatic carbocycles. The molecule has 0 unspecified atom stereocenters. The van der Waals surface area contributed by atoms with Gasteiger partial charge in [-0.1, -0.05) is 12.1 Å². The number of carbonyl (C=O) groups excluding carboxylic acids is 1. The van der Waals surface area contributed by atoms with E-state index in [1.807, 2.05) is 0 Å². The lowest BCUT2D eigenvalue weighted by Crippen LogP contribution is -2.01. The molecule has 0 atom stereocenters. The molecule has 1 aromatic rings. The van der Waals surface area contributed by atoms with Gasteiger partial charge in [0.2, 0.25) is 5.78 Å². The van der Waals surface area contributed by atoms with Crippen molar-refractivity contribution in [2.24, 2.45) is 0 Å². The van der Waals surface area contributed by atoms with Crippen LogP contribution in [-0.2, 0) is 0 Å². The Balaban J connectivity index is 3.25. The average molecular weight is 163 g/mol. The molecule has 0 bridgehead atoms. The molecule has 3 nitrogen and oxygen atoms in total. The number of benzene rings is 1. The maximum absolute atomic E-state index is 11.0. The molecule has 0 spiro atoms. The van der Waals surface area contributed by atoms with Crippen LogP contribution in [0.25, 0.3) is 0 Å². The van der Waals surface area contributed by atoms with Crippen molar-refractivity contribution < 1.29 is 9.90 Å². The summed E-state index contributed by atoms with van der Waals surface area (Å²) in [6.45, 7) is 1.64. The molecule has 0 aliphatic rings. The van der Waals surface area contributed by atoms with E-state index in [-0.39, 0.29) is 11.5 Å². The van der Waals surface area contributed by atoms with E-state index >= 15 is 0 Å². The number of nitrogens with one attached hydrogen (secondary N) is 1. The lowest BCUT2D eigenvalue weighted by Gasteiger charge is -2.02. The van der Waals surface area contributed by atoms with Crippen LogP contribution in [-0.4, -0.2) is 17.1 Å². The number of ketones is 1. The minimum Gasteiger partial charge on any atom is -0.508 e. The zero-order valence-corrected chi connectivity index (χ0v) is 6.66. The first kappa shape index (κ1) is 8.46. The molecule has 2 N–H and O–H groups in total. The Kier molecular flexibility index (Phi) is 2.24. The van der Waals surface area contributed by atoms with Crippen molar-refractivity contribution in [1.82, 2.24) is 0 Å². The fraction of sp³-hybridized carbons (Fsp3) is 0.111. The highest BCUT2D eigenvalue weighted by Crippen LogP contribution is 2.19. The van der Waals surface area contributed by atoms with Crippen molar-refractivity contribution in [3.8, 4) is 5.75 Å². The first-order valence-electron chi connectivity index (χ1n) is 3.50. The van der Waals surface area contributed by atoms with Crippen LogP contribution in [0.2, 0.25) is 0 Å². The molecule has 0 aromatic heterocycles. The Bertz CT molecular complexity index is 331. The average Bonchev–Trinajstić information content (AvgIpc) is 2.08. The van der Waals surface area contributed by atoms with Gasteiger partial charge in [-0.2, -0.15) is 0 Å². The number of carbonyl (C=O) groups is 1. The molecule has 0 saturated carbocycles. The predicted molar refractivity (Wildman–Crippen MR) is 46.0 cm³/mol. The molecule has 0 fully saturated rings. The summed E-state index contributed by atoms with van der Waals surface area (Å²) in [7, 11) is 0. The highest BCUT2D eigenvalue weighted by atomic mass is 16.3. The summed E-state index contributed by atoms with van der Waals surface area (Å²) in [4.78, 5) is 11.0. The molecule has 0 aliphatic heterocycles. The smallest absolute Gasteiger partial charge is 0.203 e. The van der Waals surface area contributed by atoms with E-state index in [9.17, 15) is 9.90 Å². The Morgan fingerprint density at radius 3 is 2.83 bits per heavy atom. The SMILES string of the molecule is Cc1c(O)cccc1C(=O)C=N. The number of Topliss-reactive ketones (excluding diaryl/α,β-unsaturated/α-hetero) is 1. The third-order valence-electron chi connectivity index (χ3n) is 1.70. The van der Waals surface area contributed by atoms with Crippen molar-refractivity contribution in [3.05, 3.63) is 29.3 Å². The van der Waals surface area contributed by atoms with Crippen molar-refractivity contribution in [1.29, 1.82) is 5.41 Å². The second-order valence-electron chi connectivity index (χ2n) is 2.46. The fourth-order valence-electron chi connectivity index (χ4n) is 0.968. The van der Waals surface area contributed by atoms with E-state index in [1.165, 1.54) is 6.07 Å². The van der Waals surface area contributed by atoms with Gasteiger partial charge >= 0.3 is 0 Å². The van der Waals surface area contributed by atoms with Crippen LogP contribution in [0, 0.1) is 12.3 Å². The monoisotopic (exact) mass is 163 g/mol. The van der Waals surface area contributed by atoms with Crippen LogP contribution in [0.15, 0.2) is 18.2 Å². The largest absolute Gasteiger partial charge is 0.508 e. The van der Waals surface area contributed by atoms with Crippen LogP contribution in [0.4, 0.5) is 0 Å². The topological polar surface area (TPSA) is 61.1 Å². The van der Waals surface area contributed by atoms with Crippen LogP contribution >= 0.6 is 0 Å². The number of phenolic OH excluding ortho intramolecular Hbond substituents is 1. The zero-order chi connectivity index (χ0) is 9.14. The number of rotatable bonds is 2. The molecule has 0 heterocycles. The van der Waals surface area contributed by atoms with Crippen LogP contribution in [0.5, 0.6) is 5.75 Å². The summed E-state index contributed by atoms with van der Waals surface area (Å²) in [5, 5.41) is 16.0. The Hall–Kier alpha value is -1.64. The number of hydrogen-bond acceptors (Lipinski definition) is 3. The van der Waals surface area contributed by atoms with Crippen LogP contribution < -0.4 is 0 Å². The molecular formula is C9H9NO2.